The van der Waals surface area contributed by atoms with Crippen molar-refractivity contribution in [2.75, 3.05) is 25.1 Å². The van der Waals surface area contributed by atoms with Crippen LogP contribution in [0.2, 0.25) is 0 Å². The molecule has 2 aromatic carbocycles. The van der Waals surface area contributed by atoms with Crippen LogP contribution in [0.1, 0.15) is 69.9 Å². The standard InChI is InChI=1S/C38H44N4O3/c1-26-33(34(36(43)44-6)45-37(2,3)4)35-41-22-20-38(5,21-23-41)19-12-8-7-9-14-27-15-10-11-18-30(27)28-16-13-17-29(24-28)31-25-32(39-26)42(35)40-31/h7-8,10-13,15-19,24-25,34H,9,14,20-23H2,1-6H3/b8-7-,19-12-/t34-/m0/s1. The molecule has 234 valence electrons. The normalized spacial score (nSPS) is 18.5. The van der Waals surface area contributed by atoms with E-state index in [0.29, 0.717) is 5.56 Å². The van der Waals surface area contributed by atoms with Crippen molar-refractivity contribution in [3.8, 4) is 22.4 Å². The van der Waals surface area contributed by atoms with Crippen molar-refractivity contribution in [3.05, 3.63) is 95.7 Å². The summed E-state index contributed by atoms with van der Waals surface area (Å²) in [5, 5.41) is 5.18. The minimum absolute atomic E-state index is 0.0653. The summed E-state index contributed by atoms with van der Waals surface area (Å²) in [6.45, 7) is 11.7. The molecule has 1 atom stereocenters. The van der Waals surface area contributed by atoms with Gasteiger partial charge in [0.25, 0.3) is 0 Å². The van der Waals surface area contributed by atoms with E-state index in [-0.39, 0.29) is 5.41 Å². The zero-order chi connectivity index (χ0) is 31.8. The molecule has 1 saturated heterocycles. The summed E-state index contributed by atoms with van der Waals surface area (Å²) in [6, 6.07) is 19.3. The zero-order valence-electron chi connectivity index (χ0n) is 27.3. The first-order valence-electron chi connectivity index (χ1n) is 16.0. The van der Waals surface area contributed by atoms with Crippen molar-refractivity contribution < 1.29 is 14.3 Å². The molecule has 7 heteroatoms. The summed E-state index contributed by atoms with van der Waals surface area (Å²) in [4.78, 5) is 20.7. The fraction of sp³-hybridized carbons (Fsp3) is 0.395. The van der Waals surface area contributed by atoms with Crippen LogP contribution in [0.15, 0.2) is 78.9 Å². The Hall–Kier alpha value is -4.23. The predicted octanol–water partition coefficient (Wildman–Crippen LogP) is 8.07. The van der Waals surface area contributed by atoms with E-state index < -0.39 is 17.7 Å². The monoisotopic (exact) mass is 604 g/mol. The van der Waals surface area contributed by atoms with Crippen molar-refractivity contribution in [2.45, 2.75) is 72.0 Å². The topological polar surface area (TPSA) is 69.0 Å². The molecule has 0 unspecified atom stereocenters. The molecule has 3 aliphatic heterocycles. The molecule has 0 N–H and O–H groups in total. The number of carbonyl (C=O) groups is 1. The predicted molar refractivity (Wildman–Crippen MR) is 180 cm³/mol. The Labute approximate surface area is 266 Å². The van der Waals surface area contributed by atoms with Gasteiger partial charge in [-0.1, -0.05) is 73.7 Å². The number of allylic oxidation sites excluding steroid dienone is 4. The lowest BCUT2D eigenvalue weighted by Crippen LogP contribution is -2.40. The largest absolute Gasteiger partial charge is 0.467 e. The van der Waals surface area contributed by atoms with Crippen LogP contribution >= 0.6 is 0 Å². The van der Waals surface area contributed by atoms with Gasteiger partial charge < -0.3 is 14.4 Å². The number of aryl methyl sites for hydroxylation is 2. The highest BCUT2D eigenvalue weighted by Crippen LogP contribution is 2.40. The maximum atomic E-state index is 13.4. The first-order valence-corrected chi connectivity index (χ1v) is 16.0. The number of fused-ring (bicyclic) bond motifs is 5. The van der Waals surface area contributed by atoms with E-state index in [4.69, 9.17) is 19.6 Å². The number of benzene rings is 2. The number of carbonyl (C=O) groups excluding carboxylic acids is 1. The van der Waals surface area contributed by atoms with Gasteiger partial charge in [-0.25, -0.2) is 9.78 Å². The fourth-order valence-electron chi connectivity index (χ4n) is 6.52. The van der Waals surface area contributed by atoms with Gasteiger partial charge in [0.15, 0.2) is 11.8 Å². The van der Waals surface area contributed by atoms with Crippen LogP contribution in [0, 0.1) is 12.3 Å². The summed E-state index contributed by atoms with van der Waals surface area (Å²) in [7, 11) is 1.41. The molecule has 0 radical (unpaired) electrons. The number of piperidine rings is 1. The lowest BCUT2D eigenvalue weighted by atomic mass is 9.80. The summed E-state index contributed by atoms with van der Waals surface area (Å²) in [5.74, 6) is 0.394. The average Bonchev–Trinajstić information content (AvgIpc) is 3.44. The van der Waals surface area contributed by atoms with Crippen LogP contribution < -0.4 is 4.90 Å². The van der Waals surface area contributed by atoms with Gasteiger partial charge in [0.1, 0.15) is 5.82 Å². The van der Waals surface area contributed by atoms with Crippen LogP contribution in [0.4, 0.5) is 5.82 Å². The van der Waals surface area contributed by atoms with Crippen LogP contribution in [0.5, 0.6) is 0 Å². The lowest BCUT2D eigenvalue weighted by molar-refractivity contribution is -0.164. The number of esters is 1. The van der Waals surface area contributed by atoms with E-state index in [1.54, 1.807) is 0 Å². The van der Waals surface area contributed by atoms with E-state index in [2.05, 4.69) is 84.7 Å². The number of anilines is 1. The summed E-state index contributed by atoms with van der Waals surface area (Å²) in [6.07, 6.45) is 12.0. The van der Waals surface area contributed by atoms with Gasteiger partial charge in [0.05, 0.1) is 24.0 Å². The number of aromatic nitrogens is 3. The molecular weight excluding hydrogens is 560 g/mol. The maximum absolute atomic E-state index is 13.4. The Bertz CT molecular complexity index is 1770. The third kappa shape index (κ3) is 6.45. The van der Waals surface area contributed by atoms with E-state index in [1.165, 1.54) is 18.2 Å². The molecule has 6 bridgehead atoms. The highest BCUT2D eigenvalue weighted by molar-refractivity contribution is 5.81. The van der Waals surface area contributed by atoms with E-state index in [9.17, 15) is 4.79 Å². The minimum Gasteiger partial charge on any atom is -0.467 e. The van der Waals surface area contributed by atoms with E-state index in [0.717, 1.165) is 72.8 Å². The smallest absolute Gasteiger partial charge is 0.339 e. The molecule has 4 aromatic rings. The minimum atomic E-state index is -0.950. The second-order valence-corrected chi connectivity index (χ2v) is 13.6. The molecule has 2 aromatic heterocycles. The van der Waals surface area contributed by atoms with Gasteiger partial charge in [0.2, 0.25) is 0 Å². The third-order valence-corrected chi connectivity index (χ3v) is 8.97. The molecule has 0 amide bonds. The summed E-state index contributed by atoms with van der Waals surface area (Å²) in [5.41, 5.74) is 7.21. The van der Waals surface area contributed by atoms with Crippen LogP contribution in [0.25, 0.3) is 28.0 Å². The van der Waals surface area contributed by atoms with Crippen molar-refractivity contribution in [1.29, 1.82) is 0 Å². The molecule has 5 heterocycles. The van der Waals surface area contributed by atoms with Gasteiger partial charge >= 0.3 is 5.97 Å². The average molecular weight is 605 g/mol. The highest BCUT2D eigenvalue weighted by atomic mass is 16.6. The first kappa shape index (κ1) is 30.8. The fourth-order valence-corrected chi connectivity index (χ4v) is 6.52. The third-order valence-electron chi connectivity index (χ3n) is 8.97. The van der Waals surface area contributed by atoms with Crippen molar-refractivity contribution >= 4 is 17.4 Å². The summed E-state index contributed by atoms with van der Waals surface area (Å²) >= 11 is 0. The van der Waals surface area contributed by atoms with Crippen LogP contribution in [-0.2, 0) is 20.7 Å². The van der Waals surface area contributed by atoms with Crippen LogP contribution in [0.3, 0.4) is 0 Å². The van der Waals surface area contributed by atoms with Gasteiger partial charge in [0, 0.05) is 30.4 Å². The van der Waals surface area contributed by atoms with Gasteiger partial charge in [-0.05, 0) is 81.5 Å². The summed E-state index contributed by atoms with van der Waals surface area (Å²) < 4.78 is 13.6. The molecule has 0 spiro atoms. The highest BCUT2D eigenvalue weighted by Gasteiger charge is 2.37. The van der Waals surface area contributed by atoms with Gasteiger partial charge in [-0.3, -0.25) is 0 Å². The first-order chi connectivity index (χ1) is 21.5. The van der Waals surface area contributed by atoms with E-state index >= 15 is 0 Å². The molecule has 3 aliphatic rings. The van der Waals surface area contributed by atoms with Gasteiger partial charge in [-0.2, -0.15) is 9.61 Å². The molecular formula is C38H44N4O3. The number of hydrogen-bond acceptors (Lipinski definition) is 6. The molecule has 7 nitrogen and oxygen atoms in total. The zero-order valence-corrected chi connectivity index (χ0v) is 27.3. The van der Waals surface area contributed by atoms with E-state index in [1.807, 2.05) is 38.3 Å². The SMILES string of the molecule is COC(=O)[C@@H](OC(C)(C)C)c1c(C)nc2cc3nn2c1N1CCC(C)(/C=C\C=C/CCc2ccccc2-c2cccc-3c2)CC1. The van der Waals surface area contributed by atoms with Crippen molar-refractivity contribution in [2.24, 2.45) is 5.41 Å². The molecule has 7 rings (SSSR count). The maximum Gasteiger partial charge on any atom is 0.339 e. The molecule has 45 heavy (non-hydrogen) atoms. The Morgan fingerprint density at radius 2 is 1.76 bits per heavy atom. The molecule has 1 fully saturated rings. The Morgan fingerprint density at radius 1 is 1.00 bits per heavy atom. The lowest BCUT2D eigenvalue weighted by Gasteiger charge is -2.40. The Balaban J connectivity index is 1.57. The van der Waals surface area contributed by atoms with Crippen molar-refractivity contribution in [3.63, 3.8) is 0 Å². The van der Waals surface area contributed by atoms with Crippen molar-refractivity contribution in [1.82, 2.24) is 14.6 Å². The quantitative estimate of drug-likeness (QED) is 0.220. The number of hydrogen-bond donors (Lipinski definition) is 0. The molecule has 0 aliphatic carbocycles. The second-order valence-electron chi connectivity index (χ2n) is 13.6. The Kier molecular flexibility index (Phi) is 8.40. The number of rotatable bonds is 3. The second kappa shape index (κ2) is 12.3. The van der Waals surface area contributed by atoms with Gasteiger partial charge in [-0.15, -0.1) is 0 Å². The number of ether oxygens (including phenoxy) is 2. The number of nitrogens with zero attached hydrogens (tertiary/aromatic N) is 4. The number of methoxy groups -OCH3 is 1. The van der Waals surface area contributed by atoms with Crippen LogP contribution in [-0.4, -0.2) is 46.4 Å². The Morgan fingerprint density at radius 3 is 2.51 bits per heavy atom. The molecule has 0 saturated carbocycles.